The standard InChI is InChI=1S/C10H16O/c11-10-6-8-4-2-1-3-5-9(8)7-10/h8-9H,1-7H2/t8-,9?/m1/s1. The highest BCUT2D eigenvalue weighted by molar-refractivity contribution is 5.81. The first kappa shape index (κ1) is 7.33. The zero-order valence-electron chi connectivity index (χ0n) is 7.01. The third kappa shape index (κ3) is 1.47. The van der Waals surface area contributed by atoms with Gasteiger partial charge >= 0.3 is 0 Å². The van der Waals surface area contributed by atoms with Gasteiger partial charge in [0.2, 0.25) is 0 Å². The summed E-state index contributed by atoms with van der Waals surface area (Å²) in [6, 6.07) is 0. The molecule has 0 aromatic rings. The third-order valence-corrected chi connectivity index (χ3v) is 3.30. The molecule has 2 aliphatic rings. The van der Waals surface area contributed by atoms with E-state index in [9.17, 15) is 4.79 Å². The number of carbonyl (C=O) groups is 1. The van der Waals surface area contributed by atoms with Crippen molar-refractivity contribution in [2.75, 3.05) is 0 Å². The molecule has 0 bridgehead atoms. The summed E-state index contributed by atoms with van der Waals surface area (Å²) in [6.07, 6.45) is 8.62. The molecule has 0 N–H and O–H groups in total. The Morgan fingerprint density at radius 1 is 0.909 bits per heavy atom. The van der Waals surface area contributed by atoms with Crippen molar-refractivity contribution in [3.63, 3.8) is 0 Å². The van der Waals surface area contributed by atoms with Crippen LogP contribution in [0.25, 0.3) is 0 Å². The van der Waals surface area contributed by atoms with Crippen LogP contribution in [0.5, 0.6) is 0 Å². The summed E-state index contributed by atoms with van der Waals surface area (Å²) in [7, 11) is 0. The molecule has 2 aliphatic carbocycles. The van der Waals surface area contributed by atoms with Gasteiger partial charge in [-0.05, 0) is 24.7 Å². The Morgan fingerprint density at radius 2 is 1.45 bits per heavy atom. The Morgan fingerprint density at radius 3 is 2.00 bits per heavy atom. The van der Waals surface area contributed by atoms with E-state index >= 15 is 0 Å². The van der Waals surface area contributed by atoms with Gasteiger partial charge in [0.1, 0.15) is 5.78 Å². The van der Waals surface area contributed by atoms with Crippen molar-refractivity contribution in [3.05, 3.63) is 0 Å². The van der Waals surface area contributed by atoms with E-state index < -0.39 is 0 Å². The molecule has 0 saturated heterocycles. The molecule has 11 heavy (non-hydrogen) atoms. The van der Waals surface area contributed by atoms with Crippen LogP contribution in [0.4, 0.5) is 0 Å². The molecule has 1 heteroatoms. The van der Waals surface area contributed by atoms with Crippen LogP contribution in [0.1, 0.15) is 44.9 Å². The molecule has 0 spiro atoms. The zero-order valence-corrected chi connectivity index (χ0v) is 7.01. The molecule has 1 unspecified atom stereocenters. The Bertz CT molecular complexity index is 146. The van der Waals surface area contributed by atoms with Crippen molar-refractivity contribution >= 4 is 5.78 Å². The molecule has 2 fully saturated rings. The van der Waals surface area contributed by atoms with Gasteiger partial charge in [-0.1, -0.05) is 19.3 Å². The molecule has 0 amide bonds. The average molecular weight is 152 g/mol. The highest BCUT2D eigenvalue weighted by Crippen LogP contribution is 2.38. The second-order valence-electron chi connectivity index (χ2n) is 4.11. The van der Waals surface area contributed by atoms with Crippen molar-refractivity contribution in [2.45, 2.75) is 44.9 Å². The largest absolute Gasteiger partial charge is 0.300 e. The fraction of sp³-hybridized carbons (Fsp3) is 0.900. The average Bonchev–Trinajstić information content (AvgIpc) is 2.17. The lowest BCUT2D eigenvalue weighted by molar-refractivity contribution is -0.117. The van der Waals surface area contributed by atoms with Gasteiger partial charge in [0.05, 0.1) is 0 Å². The highest BCUT2D eigenvalue weighted by atomic mass is 16.1. The summed E-state index contributed by atoms with van der Waals surface area (Å²) in [5, 5.41) is 0. The SMILES string of the molecule is O=C1CC2CCCCC[C@@H]2C1. The second kappa shape index (κ2) is 2.96. The normalized spacial score (nSPS) is 38.4. The molecule has 0 radical (unpaired) electrons. The summed E-state index contributed by atoms with van der Waals surface area (Å²) in [5.74, 6) is 2.09. The van der Waals surface area contributed by atoms with E-state index in [2.05, 4.69) is 0 Å². The first-order valence-corrected chi connectivity index (χ1v) is 4.88. The summed E-state index contributed by atoms with van der Waals surface area (Å²) in [4.78, 5) is 11.1. The molecular formula is C10H16O. The van der Waals surface area contributed by atoms with Gasteiger partial charge < -0.3 is 0 Å². The van der Waals surface area contributed by atoms with Gasteiger partial charge in [0.15, 0.2) is 0 Å². The second-order valence-corrected chi connectivity index (χ2v) is 4.11. The van der Waals surface area contributed by atoms with E-state index in [0.29, 0.717) is 5.78 Å². The Labute approximate surface area is 68.2 Å². The van der Waals surface area contributed by atoms with Crippen molar-refractivity contribution < 1.29 is 4.79 Å². The smallest absolute Gasteiger partial charge is 0.133 e. The van der Waals surface area contributed by atoms with E-state index in [1.54, 1.807) is 0 Å². The van der Waals surface area contributed by atoms with Gasteiger partial charge in [-0.2, -0.15) is 0 Å². The number of ketones is 1. The van der Waals surface area contributed by atoms with Crippen LogP contribution >= 0.6 is 0 Å². The van der Waals surface area contributed by atoms with Crippen molar-refractivity contribution in [1.29, 1.82) is 0 Å². The zero-order chi connectivity index (χ0) is 7.68. The molecule has 0 aromatic heterocycles. The molecule has 2 atom stereocenters. The number of Topliss-reactive ketones (excluding diaryl/α,β-unsaturated/α-hetero) is 1. The fourth-order valence-electron chi connectivity index (χ4n) is 2.67. The van der Waals surface area contributed by atoms with E-state index in [0.717, 1.165) is 24.7 Å². The maximum Gasteiger partial charge on any atom is 0.133 e. The van der Waals surface area contributed by atoms with Gasteiger partial charge in [0.25, 0.3) is 0 Å². The van der Waals surface area contributed by atoms with Gasteiger partial charge in [-0.3, -0.25) is 4.79 Å². The van der Waals surface area contributed by atoms with Crippen LogP contribution in [0.3, 0.4) is 0 Å². The third-order valence-electron chi connectivity index (χ3n) is 3.30. The Balaban J connectivity index is 2.01. The maximum atomic E-state index is 11.1. The van der Waals surface area contributed by atoms with E-state index in [1.807, 2.05) is 0 Å². The van der Waals surface area contributed by atoms with Crippen molar-refractivity contribution in [2.24, 2.45) is 11.8 Å². The minimum absolute atomic E-state index is 0.530. The molecule has 1 nitrogen and oxygen atoms in total. The van der Waals surface area contributed by atoms with Crippen molar-refractivity contribution in [3.8, 4) is 0 Å². The lowest BCUT2D eigenvalue weighted by atomic mass is 9.92. The van der Waals surface area contributed by atoms with Gasteiger partial charge in [-0.15, -0.1) is 0 Å². The highest BCUT2D eigenvalue weighted by Gasteiger charge is 2.32. The first-order chi connectivity index (χ1) is 5.36. The van der Waals surface area contributed by atoms with Gasteiger partial charge in [-0.25, -0.2) is 0 Å². The molecular weight excluding hydrogens is 136 g/mol. The van der Waals surface area contributed by atoms with Crippen LogP contribution < -0.4 is 0 Å². The minimum Gasteiger partial charge on any atom is -0.300 e. The number of hydrogen-bond acceptors (Lipinski definition) is 1. The number of hydrogen-bond donors (Lipinski definition) is 0. The molecule has 0 aromatic carbocycles. The molecule has 2 rings (SSSR count). The Hall–Kier alpha value is -0.330. The monoisotopic (exact) mass is 152 g/mol. The number of rotatable bonds is 0. The van der Waals surface area contributed by atoms with E-state index in [-0.39, 0.29) is 0 Å². The quantitative estimate of drug-likeness (QED) is 0.521. The predicted molar refractivity (Wildman–Crippen MR) is 44.3 cm³/mol. The van der Waals surface area contributed by atoms with Crippen LogP contribution in [0, 0.1) is 11.8 Å². The Kier molecular flexibility index (Phi) is 1.97. The van der Waals surface area contributed by atoms with Crippen molar-refractivity contribution in [1.82, 2.24) is 0 Å². The topological polar surface area (TPSA) is 17.1 Å². The first-order valence-electron chi connectivity index (χ1n) is 4.88. The molecule has 0 heterocycles. The molecule has 2 saturated carbocycles. The minimum atomic E-state index is 0.530. The summed E-state index contributed by atoms with van der Waals surface area (Å²) < 4.78 is 0. The number of fused-ring (bicyclic) bond motifs is 1. The predicted octanol–water partition coefficient (Wildman–Crippen LogP) is 2.55. The van der Waals surface area contributed by atoms with E-state index in [1.165, 1.54) is 32.1 Å². The summed E-state index contributed by atoms with van der Waals surface area (Å²) in [6.45, 7) is 0. The van der Waals surface area contributed by atoms with Crippen LogP contribution in [0.15, 0.2) is 0 Å². The summed E-state index contributed by atoms with van der Waals surface area (Å²) in [5.41, 5.74) is 0. The van der Waals surface area contributed by atoms with Crippen LogP contribution in [0.2, 0.25) is 0 Å². The number of carbonyl (C=O) groups excluding carboxylic acids is 1. The summed E-state index contributed by atoms with van der Waals surface area (Å²) >= 11 is 0. The van der Waals surface area contributed by atoms with E-state index in [4.69, 9.17) is 0 Å². The maximum absolute atomic E-state index is 11.1. The van der Waals surface area contributed by atoms with Crippen LogP contribution in [-0.4, -0.2) is 5.78 Å². The van der Waals surface area contributed by atoms with Gasteiger partial charge in [0, 0.05) is 12.8 Å². The van der Waals surface area contributed by atoms with Crippen LogP contribution in [-0.2, 0) is 4.79 Å². The molecule has 62 valence electrons. The lowest BCUT2D eigenvalue weighted by Gasteiger charge is -2.13. The lowest BCUT2D eigenvalue weighted by Crippen LogP contribution is -2.04. The fourth-order valence-corrected chi connectivity index (χ4v) is 2.67. The molecule has 0 aliphatic heterocycles.